The number of hydrogen-bond donors (Lipinski definition) is 0. The predicted molar refractivity (Wildman–Crippen MR) is 108 cm³/mol. The molecule has 3 heterocycles. The molecule has 1 unspecified atom stereocenters. The maximum Gasteiger partial charge on any atom is 0.272 e. The van der Waals surface area contributed by atoms with E-state index in [1.807, 2.05) is 26.1 Å². The minimum absolute atomic E-state index is 0.0180. The Morgan fingerprint density at radius 1 is 1.34 bits per heavy atom. The maximum atomic E-state index is 12.9. The molecule has 0 spiro atoms. The molecule has 7 heteroatoms. The topological polar surface area (TPSA) is 43.7 Å². The van der Waals surface area contributed by atoms with Crippen LogP contribution in [0.4, 0.5) is 14.6 Å². The second-order valence-corrected chi connectivity index (χ2v) is 7.55. The average Bonchev–Trinajstić information content (AvgIpc) is 3.25. The van der Waals surface area contributed by atoms with Crippen LogP contribution in [0.25, 0.3) is 11.3 Å². The molecule has 1 aromatic heterocycles. The minimum atomic E-state index is -2.51. The molecule has 1 saturated heterocycles. The summed E-state index contributed by atoms with van der Waals surface area (Å²) in [7, 11) is 1.97. The number of aromatic nitrogens is 1. The monoisotopic (exact) mass is 404 g/mol. The summed E-state index contributed by atoms with van der Waals surface area (Å²) in [4.78, 5) is 15.0. The van der Waals surface area contributed by atoms with Crippen molar-refractivity contribution in [1.82, 2.24) is 4.57 Å². The molecular formula is C22H26F2N2O3. The Hall–Kier alpha value is -2.41. The maximum absolute atomic E-state index is 12.9. The second-order valence-electron chi connectivity index (χ2n) is 7.55. The number of alkyl halides is 2. The molecule has 5 nitrogen and oxygen atoms in total. The van der Waals surface area contributed by atoms with Crippen LogP contribution in [0.15, 0.2) is 29.1 Å². The van der Waals surface area contributed by atoms with E-state index in [4.69, 9.17) is 9.47 Å². The molecule has 0 amide bonds. The Bertz CT molecular complexity index is 952. The van der Waals surface area contributed by atoms with Gasteiger partial charge in [-0.1, -0.05) is 6.92 Å². The average molecular weight is 404 g/mol. The van der Waals surface area contributed by atoms with Gasteiger partial charge in [-0.25, -0.2) is 8.78 Å². The molecule has 0 bridgehead atoms. The molecule has 2 aliphatic heterocycles. The molecule has 1 fully saturated rings. The van der Waals surface area contributed by atoms with Crippen LogP contribution in [0.5, 0.6) is 5.75 Å². The van der Waals surface area contributed by atoms with Crippen LogP contribution >= 0.6 is 0 Å². The summed E-state index contributed by atoms with van der Waals surface area (Å²) in [6.07, 6.45) is 0.798. The molecule has 1 atom stereocenters. The first-order valence-corrected chi connectivity index (χ1v) is 10.1. The van der Waals surface area contributed by atoms with Gasteiger partial charge < -0.3 is 18.9 Å². The lowest BCUT2D eigenvalue weighted by Gasteiger charge is -2.33. The zero-order chi connectivity index (χ0) is 20.5. The van der Waals surface area contributed by atoms with Crippen LogP contribution in [-0.4, -0.2) is 37.5 Å². The zero-order valence-electron chi connectivity index (χ0n) is 16.8. The lowest BCUT2D eigenvalue weighted by Crippen LogP contribution is -2.36. The summed E-state index contributed by atoms with van der Waals surface area (Å²) >= 11 is 0. The van der Waals surface area contributed by atoms with E-state index >= 15 is 0 Å². The number of nitrogens with zero attached hydrogens (tertiary/aromatic N) is 2. The quantitative estimate of drug-likeness (QED) is 0.734. The van der Waals surface area contributed by atoms with Crippen molar-refractivity contribution in [3.05, 3.63) is 45.6 Å². The Morgan fingerprint density at radius 2 is 2.17 bits per heavy atom. The highest BCUT2D eigenvalue weighted by molar-refractivity contribution is 5.72. The number of ether oxygens (including phenoxy) is 2. The molecule has 0 saturated carbocycles. The van der Waals surface area contributed by atoms with Crippen molar-refractivity contribution in [2.45, 2.75) is 51.8 Å². The summed E-state index contributed by atoms with van der Waals surface area (Å²) < 4.78 is 38.1. The molecular weight excluding hydrogens is 378 g/mol. The lowest BCUT2D eigenvalue weighted by atomic mass is 9.93. The van der Waals surface area contributed by atoms with Crippen molar-refractivity contribution >= 4 is 5.82 Å². The Morgan fingerprint density at radius 3 is 2.86 bits per heavy atom. The highest BCUT2D eigenvalue weighted by Gasteiger charge is 2.28. The van der Waals surface area contributed by atoms with E-state index in [9.17, 15) is 13.6 Å². The fraction of sp³-hybridized carbons (Fsp3) is 0.500. The smallest absolute Gasteiger partial charge is 0.272 e. The fourth-order valence-corrected chi connectivity index (χ4v) is 4.35. The first kappa shape index (κ1) is 19.9. The summed E-state index contributed by atoms with van der Waals surface area (Å²) in [5.74, 6) is 1.29. The molecule has 4 rings (SSSR count). The van der Waals surface area contributed by atoms with E-state index in [-0.39, 0.29) is 11.7 Å². The van der Waals surface area contributed by atoms with E-state index < -0.39 is 13.0 Å². The van der Waals surface area contributed by atoms with E-state index in [0.717, 1.165) is 54.1 Å². The first-order chi connectivity index (χ1) is 14.0. The standard InChI is InChI=1S/C22H26F2N2O3/c1-3-16-18(27)12-20(25(2)21-5-4-10-28-21)26-9-8-14-11-15(29-13-19(23)24)6-7-17(14)22(16)26/h6-7,11-12,19,21H,3-5,8-10,13H2,1-2H3. The summed E-state index contributed by atoms with van der Waals surface area (Å²) in [5.41, 5.74) is 3.70. The van der Waals surface area contributed by atoms with Crippen molar-refractivity contribution < 1.29 is 18.3 Å². The third-order valence-electron chi connectivity index (χ3n) is 5.76. The van der Waals surface area contributed by atoms with E-state index in [2.05, 4.69) is 9.47 Å². The van der Waals surface area contributed by atoms with Crippen LogP contribution in [0, 0.1) is 0 Å². The Kier molecular flexibility index (Phi) is 5.58. The summed E-state index contributed by atoms with van der Waals surface area (Å²) in [6, 6.07) is 7.13. The van der Waals surface area contributed by atoms with Crippen molar-refractivity contribution in [3.63, 3.8) is 0 Å². The first-order valence-electron chi connectivity index (χ1n) is 10.1. The van der Waals surface area contributed by atoms with E-state index in [1.54, 1.807) is 12.1 Å². The third kappa shape index (κ3) is 3.75. The van der Waals surface area contributed by atoms with Gasteiger partial charge in [0.15, 0.2) is 5.43 Å². The van der Waals surface area contributed by atoms with E-state index in [0.29, 0.717) is 18.7 Å². The number of fused-ring (bicyclic) bond motifs is 3. The number of aryl methyl sites for hydroxylation is 1. The van der Waals surface area contributed by atoms with Gasteiger partial charge in [-0.05, 0) is 49.4 Å². The SMILES string of the molecule is CCc1c2n(c(N(C)C3CCCO3)cc1=O)CCc1cc(OCC(F)F)ccc1-2. The largest absolute Gasteiger partial charge is 0.488 e. The molecule has 0 radical (unpaired) electrons. The molecule has 2 aromatic rings. The number of rotatable bonds is 6. The van der Waals surface area contributed by atoms with Gasteiger partial charge in [0.1, 0.15) is 24.4 Å². The van der Waals surface area contributed by atoms with Gasteiger partial charge in [0, 0.05) is 37.4 Å². The number of pyridine rings is 1. The van der Waals surface area contributed by atoms with Crippen LogP contribution < -0.4 is 15.1 Å². The number of halogens is 2. The number of hydrogen-bond acceptors (Lipinski definition) is 4. The van der Waals surface area contributed by atoms with Gasteiger partial charge in [-0.15, -0.1) is 0 Å². The van der Waals surface area contributed by atoms with Gasteiger partial charge in [-0.3, -0.25) is 4.79 Å². The molecule has 0 aliphatic carbocycles. The highest BCUT2D eigenvalue weighted by Crippen LogP contribution is 2.37. The lowest BCUT2D eigenvalue weighted by molar-refractivity contribution is 0.0818. The van der Waals surface area contributed by atoms with Crippen molar-refractivity contribution in [2.24, 2.45) is 0 Å². The van der Waals surface area contributed by atoms with Gasteiger partial charge >= 0.3 is 0 Å². The molecule has 156 valence electrons. The van der Waals surface area contributed by atoms with Crippen LogP contribution in [0.1, 0.15) is 30.9 Å². The fourth-order valence-electron chi connectivity index (χ4n) is 4.35. The van der Waals surface area contributed by atoms with Crippen molar-refractivity contribution in [1.29, 1.82) is 0 Å². The van der Waals surface area contributed by atoms with Gasteiger partial charge in [0.25, 0.3) is 6.43 Å². The molecule has 2 aliphatic rings. The molecule has 29 heavy (non-hydrogen) atoms. The van der Waals surface area contributed by atoms with Gasteiger partial charge in [0.2, 0.25) is 0 Å². The van der Waals surface area contributed by atoms with Crippen LogP contribution in [-0.2, 0) is 24.1 Å². The number of benzene rings is 1. The van der Waals surface area contributed by atoms with Crippen LogP contribution in [0.3, 0.4) is 0 Å². The normalized spacial score (nSPS) is 17.9. The zero-order valence-corrected chi connectivity index (χ0v) is 16.8. The van der Waals surface area contributed by atoms with Crippen molar-refractivity contribution in [3.8, 4) is 17.0 Å². The van der Waals surface area contributed by atoms with Crippen LogP contribution in [0.2, 0.25) is 0 Å². The summed E-state index contributed by atoms with van der Waals surface area (Å²) in [5, 5.41) is 0. The summed E-state index contributed by atoms with van der Waals surface area (Å²) in [6.45, 7) is 2.81. The predicted octanol–water partition coefficient (Wildman–Crippen LogP) is 3.85. The van der Waals surface area contributed by atoms with Gasteiger partial charge in [-0.2, -0.15) is 0 Å². The minimum Gasteiger partial charge on any atom is -0.488 e. The third-order valence-corrected chi connectivity index (χ3v) is 5.76. The number of anilines is 1. The molecule has 0 N–H and O–H groups in total. The molecule has 1 aromatic carbocycles. The van der Waals surface area contributed by atoms with Crippen molar-refractivity contribution in [2.75, 3.05) is 25.2 Å². The Labute approximate surface area is 168 Å². The van der Waals surface area contributed by atoms with Gasteiger partial charge in [0.05, 0.1) is 5.69 Å². The highest BCUT2D eigenvalue weighted by atomic mass is 19.3. The van der Waals surface area contributed by atoms with E-state index in [1.165, 1.54) is 0 Å². The second kappa shape index (κ2) is 8.14. The Balaban J connectivity index is 1.79.